The molecular formula is C16H16N2Si. The zero-order valence-electron chi connectivity index (χ0n) is 11.4. The van der Waals surface area contributed by atoms with E-state index in [4.69, 9.17) is 0 Å². The lowest BCUT2D eigenvalue weighted by Crippen LogP contribution is -2.16. The molecule has 3 rings (SSSR count). The number of hydrogen-bond donors (Lipinski definition) is 0. The predicted molar refractivity (Wildman–Crippen MR) is 82.9 cm³/mol. The second-order valence-electron chi connectivity index (χ2n) is 5.74. The summed E-state index contributed by atoms with van der Waals surface area (Å²) in [7, 11) is -1.33. The molecule has 0 aliphatic rings. The van der Waals surface area contributed by atoms with Crippen molar-refractivity contribution in [3.05, 3.63) is 48.2 Å². The number of pyridine rings is 1. The van der Waals surface area contributed by atoms with Gasteiger partial charge in [0.15, 0.2) is 0 Å². The fourth-order valence-corrected chi connectivity index (χ4v) is 2.52. The molecule has 19 heavy (non-hydrogen) atoms. The van der Waals surface area contributed by atoms with Crippen LogP contribution in [-0.2, 0) is 0 Å². The SMILES string of the molecule is C[Si](C)(C)C#Cc1ccc2nc3ccccn3c2c1. The van der Waals surface area contributed by atoms with Gasteiger partial charge in [0.1, 0.15) is 13.7 Å². The summed E-state index contributed by atoms with van der Waals surface area (Å²) in [5.41, 5.74) is 7.59. The van der Waals surface area contributed by atoms with Gasteiger partial charge in [-0.25, -0.2) is 4.98 Å². The minimum atomic E-state index is -1.33. The lowest BCUT2D eigenvalue weighted by Gasteiger charge is -2.03. The summed E-state index contributed by atoms with van der Waals surface area (Å²) >= 11 is 0. The van der Waals surface area contributed by atoms with Gasteiger partial charge in [0.25, 0.3) is 0 Å². The number of nitrogens with zero attached hydrogens (tertiary/aromatic N) is 2. The lowest BCUT2D eigenvalue weighted by atomic mass is 10.2. The molecule has 0 saturated carbocycles. The predicted octanol–water partition coefficient (Wildman–Crippen LogP) is 3.72. The van der Waals surface area contributed by atoms with Crippen LogP contribution in [-0.4, -0.2) is 17.5 Å². The van der Waals surface area contributed by atoms with Crippen LogP contribution in [0, 0.1) is 11.5 Å². The Balaban J connectivity index is 2.19. The van der Waals surface area contributed by atoms with E-state index >= 15 is 0 Å². The Morgan fingerprint density at radius 3 is 2.74 bits per heavy atom. The van der Waals surface area contributed by atoms with E-state index in [1.807, 2.05) is 24.4 Å². The summed E-state index contributed by atoms with van der Waals surface area (Å²) in [5, 5.41) is 0. The molecule has 0 N–H and O–H groups in total. The highest BCUT2D eigenvalue weighted by atomic mass is 28.3. The van der Waals surface area contributed by atoms with E-state index in [1.165, 1.54) is 0 Å². The summed E-state index contributed by atoms with van der Waals surface area (Å²) in [6.07, 6.45) is 2.04. The number of rotatable bonds is 0. The summed E-state index contributed by atoms with van der Waals surface area (Å²) in [4.78, 5) is 4.59. The second kappa shape index (κ2) is 4.25. The van der Waals surface area contributed by atoms with Crippen molar-refractivity contribution in [2.45, 2.75) is 19.6 Å². The van der Waals surface area contributed by atoms with E-state index in [0.717, 1.165) is 22.2 Å². The molecule has 0 atom stereocenters. The third kappa shape index (κ3) is 2.40. The van der Waals surface area contributed by atoms with Crippen LogP contribution in [0.4, 0.5) is 0 Å². The molecule has 3 aromatic rings. The molecular weight excluding hydrogens is 248 g/mol. The van der Waals surface area contributed by atoms with Crippen LogP contribution in [0.2, 0.25) is 19.6 Å². The fourth-order valence-electron chi connectivity index (χ4n) is 2.00. The van der Waals surface area contributed by atoms with Crippen molar-refractivity contribution in [1.29, 1.82) is 0 Å². The highest BCUT2D eigenvalue weighted by Gasteiger charge is 2.08. The molecule has 0 spiro atoms. The van der Waals surface area contributed by atoms with Gasteiger partial charge in [-0.3, -0.25) is 4.40 Å². The first-order valence-corrected chi connectivity index (χ1v) is 9.93. The monoisotopic (exact) mass is 264 g/mol. The van der Waals surface area contributed by atoms with Gasteiger partial charge in [0.2, 0.25) is 0 Å². The molecule has 0 saturated heterocycles. The van der Waals surface area contributed by atoms with E-state index in [2.05, 4.69) is 58.7 Å². The van der Waals surface area contributed by atoms with Crippen molar-refractivity contribution < 1.29 is 0 Å². The topological polar surface area (TPSA) is 17.3 Å². The number of hydrogen-bond acceptors (Lipinski definition) is 1. The van der Waals surface area contributed by atoms with Gasteiger partial charge in [-0.1, -0.05) is 31.6 Å². The van der Waals surface area contributed by atoms with Gasteiger partial charge >= 0.3 is 0 Å². The maximum absolute atomic E-state index is 4.59. The molecule has 0 fully saturated rings. The van der Waals surface area contributed by atoms with Gasteiger partial charge in [0, 0.05) is 11.8 Å². The fraction of sp³-hybridized carbons (Fsp3) is 0.188. The first kappa shape index (κ1) is 12.0. The van der Waals surface area contributed by atoms with E-state index in [9.17, 15) is 0 Å². The van der Waals surface area contributed by atoms with Crippen LogP contribution in [0.25, 0.3) is 16.7 Å². The van der Waals surface area contributed by atoms with Crippen LogP contribution in [0.5, 0.6) is 0 Å². The van der Waals surface area contributed by atoms with Crippen LogP contribution in [0.1, 0.15) is 5.56 Å². The molecule has 2 nitrogen and oxygen atoms in total. The molecule has 0 unspecified atom stereocenters. The van der Waals surface area contributed by atoms with Gasteiger partial charge in [-0.05, 0) is 30.3 Å². The molecule has 1 aromatic carbocycles. The Morgan fingerprint density at radius 1 is 1.11 bits per heavy atom. The first-order chi connectivity index (χ1) is 9.03. The van der Waals surface area contributed by atoms with Crippen LogP contribution < -0.4 is 0 Å². The number of aromatic nitrogens is 2. The summed E-state index contributed by atoms with van der Waals surface area (Å²) < 4.78 is 2.11. The highest BCUT2D eigenvalue weighted by Crippen LogP contribution is 2.17. The maximum atomic E-state index is 4.59. The minimum Gasteiger partial charge on any atom is -0.300 e. The van der Waals surface area contributed by atoms with Crippen LogP contribution >= 0.6 is 0 Å². The molecule has 0 aliphatic heterocycles. The third-order valence-corrected chi connectivity index (χ3v) is 3.77. The summed E-state index contributed by atoms with van der Waals surface area (Å²) in [6.45, 7) is 6.77. The van der Waals surface area contributed by atoms with Crippen molar-refractivity contribution in [2.24, 2.45) is 0 Å². The van der Waals surface area contributed by atoms with Crippen molar-refractivity contribution in [1.82, 2.24) is 9.38 Å². The molecule has 0 bridgehead atoms. The van der Waals surface area contributed by atoms with Crippen molar-refractivity contribution >= 4 is 24.8 Å². The molecule has 94 valence electrons. The number of imidazole rings is 1. The van der Waals surface area contributed by atoms with Crippen LogP contribution in [0.3, 0.4) is 0 Å². The minimum absolute atomic E-state index is 0.979. The Morgan fingerprint density at radius 2 is 1.95 bits per heavy atom. The highest BCUT2D eigenvalue weighted by molar-refractivity contribution is 6.83. The van der Waals surface area contributed by atoms with Gasteiger partial charge in [0.05, 0.1) is 11.0 Å². The Hall–Kier alpha value is -2.05. The van der Waals surface area contributed by atoms with E-state index in [-0.39, 0.29) is 0 Å². The van der Waals surface area contributed by atoms with Gasteiger partial charge in [-0.15, -0.1) is 5.54 Å². The Bertz CT molecular complexity index is 813. The number of benzene rings is 1. The first-order valence-electron chi connectivity index (χ1n) is 6.43. The van der Waals surface area contributed by atoms with Crippen molar-refractivity contribution in [3.8, 4) is 11.5 Å². The average Bonchev–Trinajstić information content (AvgIpc) is 2.73. The zero-order chi connectivity index (χ0) is 13.5. The number of fused-ring (bicyclic) bond motifs is 3. The van der Waals surface area contributed by atoms with E-state index < -0.39 is 8.07 Å². The molecule has 2 aromatic heterocycles. The molecule has 3 heteroatoms. The molecule has 0 amide bonds. The molecule has 0 radical (unpaired) electrons. The normalized spacial score (nSPS) is 11.5. The van der Waals surface area contributed by atoms with E-state index in [1.54, 1.807) is 0 Å². The maximum Gasteiger partial charge on any atom is 0.137 e. The second-order valence-corrected chi connectivity index (χ2v) is 10.5. The zero-order valence-corrected chi connectivity index (χ0v) is 12.4. The van der Waals surface area contributed by atoms with Crippen LogP contribution in [0.15, 0.2) is 42.6 Å². The van der Waals surface area contributed by atoms with E-state index in [0.29, 0.717) is 0 Å². The van der Waals surface area contributed by atoms with Crippen molar-refractivity contribution in [2.75, 3.05) is 0 Å². The molecule has 0 aliphatic carbocycles. The largest absolute Gasteiger partial charge is 0.300 e. The quantitative estimate of drug-likeness (QED) is 0.447. The summed E-state index contributed by atoms with van der Waals surface area (Å²) in [6, 6.07) is 12.3. The van der Waals surface area contributed by atoms with Gasteiger partial charge in [-0.2, -0.15) is 0 Å². The molecule has 2 heterocycles. The third-order valence-electron chi connectivity index (χ3n) is 2.89. The standard InChI is InChI=1S/C16H16N2Si/c1-19(2,3)11-9-13-7-8-14-15(12-13)18-10-5-4-6-16(18)17-14/h4-8,10,12H,1-3H3. The summed E-state index contributed by atoms with van der Waals surface area (Å²) in [5.74, 6) is 3.30. The lowest BCUT2D eigenvalue weighted by molar-refractivity contribution is 1.23. The Kier molecular flexibility index (Phi) is 2.69. The smallest absolute Gasteiger partial charge is 0.137 e. The van der Waals surface area contributed by atoms with Crippen molar-refractivity contribution in [3.63, 3.8) is 0 Å². The Labute approximate surface area is 114 Å². The van der Waals surface area contributed by atoms with Gasteiger partial charge < -0.3 is 0 Å². The average molecular weight is 264 g/mol.